The molecule has 0 aliphatic carbocycles. The van der Waals surface area contributed by atoms with Gasteiger partial charge in [-0.2, -0.15) is 0 Å². The van der Waals surface area contributed by atoms with Crippen LogP contribution < -0.4 is 5.32 Å². The average Bonchev–Trinajstić information content (AvgIpc) is 3.72. The maximum Gasteiger partial charge on any atom is 0.407 e. The summed E-state index contributed by atoms with van der Waals surface area (Å²) in [6.07, 6.45) is 8.13. The van der Waals surface area contributed by atoms with Crippen molar-refractivity contribution in [2.75, 3.05) is 13.2 Å². The van der Waals surface area contributed by atoms with Gasteiger partial charge in [-0.05, 0) is 71.4 Å². The number of hydrogen-bond donors (Lipinski definition) is 1. The fourth-order valence-corrected chi connectivity index (χ4v) is 6.34. The number of amides is 1. The van der Waals surface area contributed by atoms with Gasteiger partial charge < -0.3 is 14.8 Å². The number of carbonyl (C=O) groups is 1. The van der Waals surface area contributed by atoms with Crippen LogP contribution in [-0.2, 0) is 15.9 Å². The molecule has 0 saturated carbocycles. The van der Waals surface area contributed by atoms with Gasteiger partial charge in [0.2, 0.25) is 0 Å². The zero-order chi connectivity index (χ0) is 30.0. The molecule has 5 aromatic rings. The van der Waals surface area contributed by atoms with Crippen molar-refractivity contribution >= 4 is 23.1 Å². The molecule has 1 amide bonds. The highest BCUT2D eigenvalue weighted by atomic mass is 32.1. The van der Waals surface area contributed by atoms with Crippen LogP contribution in [0.25, 0.3) is 38.3 Å². The van der Waals surface area contributed by atoms with Crippen molar-refractivity contribution in [3.05, 3.63) is 66.2 Å². The fourth-order valence-electron chi connectivity index (χ4n) is 5.22. The minimum absolute atomic E-state index is 0.0821. The zero-order valence-electron chi connectivity index (χ0n) is 25.0. The summed E-state index contributed by atoms with van der Waals surface area (Å²) in [5, 5.41) is 8.54. The third-order valence-electron chi connectivity index (χ3n) is 7.20. The number of nitrogens with one attached hydrogen (secondary N) is 1. The molecule has 1 atom stereocenters. The second kappa shape index (κ2) is 12.3. The van der Waals surface area contributed by atoms with Crippen LogP contribution in [0.15, 0.2) is 55.0 Å². The molecular formula is C32H37N7O3S. The SMILES string of the molecule is Cc1nc2ccc(CCCNC(=O)OC(C)(C)C)cn2c1-c1nc(-c2ccccc2)c(-c2ncn(C3CCCCO3)n2)s1. The molecular weight excluding hydrogens is 562 g/mol. The van der Waals surface area contributed by atoms with E-state index in [0.717, 1.165) is 82.5 Å². The summed E-state index contributed by atoms with van der Waals surface area (Å²) in [6.45, 7) is 8.87. The monoisotopic (exact) mass is 599 g/mol. The van der Waals surface area contributed by atoms with Gasteiger partial charge in [-0.15, -0.1) is 16.4 Å². The standard InChI is InChI=1S/C32H37N7O3S/c1-21-27(38-19-22(15-16-24(38)35-21)11-10-17-33-31(40)42-32(2,3)4)30-36-26(23-12-6-5-7-13-23)28(43-30)29-34-20-39(37-29)25-14-8-9-18-41-25/h5-7,12-13,15-16,19-20,25H,8-11,14,17-18H2,1-4H3,(H,33,40). The van der Waals surface area contributed by atoms with Crippen LogP contribution in [0.3, 0.4) is 0 Å². The zero-order valence-corrected chi connectivity index (χ0v) is 25.9. The Morgan fingerprint density at radius 3 is 2.74 bits per heavy atom. The highest BCUT2D eigenvalue weighted by Crippen LogP contribution is 2.40. The van der Waals surface area contributed by atoms with Crippen molar-refractivity contribution in [1.82, 2.24) is 34.4 Å². The van der Waals surface area contributed by atoms with Crippen LogP contribution >= 0.6 is 11.3 Å². The first-order chi connectivity index (χ1) is 20.7. The van der Waals surface area contributed by atoms with E-state index in [9.17, 15) is 4.79 Å². The van der Waals surface area contributed by atoms with Gasteiger partial charge >= 0.3 is 6.09 Å². The third-order valence-corrected chi connectivity index (χ3v) is 8.26. The molecule has 43 heavy (non-hydrogen) atoms. The Balaban J connectivity index is 1.29. The fraction of sp³-hybridized carbons (Fsp3) is 0.406. The van der Waals surface area contributed by atoms with Gasteiger partial charge in [0, 0.05) is 24.9 Å². The topological polar surface area (TPSA) is 108 Å². The van der Waals surface area contributed by atoms with E-state index in [-0.39, 0.29) is 6.23 Å². The van der Waals surface area contributed by atoms with Crippen LogP contribution in [0.2, 0.25) is 0 Å². The number of fused-ring (bicyclic) bond motifs is 1. The number of pyridine rings is 1. The molecule has 10 nitrogen and oxygen atoms in total. The Kier molecular flexibility index (Phi) is 8.27. The number of carbonyl (C=O) groups excluding carboxylic acids is 1. The lowest BCUT2D eigenvalue weighted by molar-refractivity contribution is -0.0395. The quantitative estimate of drug-likeness (QED) is 0.194. The Morgan fingerprint density at radius 2 is 1.98 bits per heavy atom. The van der Waals surface area contributed by atoms with E-state index in [4.69, 9.17) is 29.5 Å². The van der Waals surface area contributed by atoms with Gasteiger partial charge in [-0.25, -0.2) is 24.4 Å². The molecule has 1 saturated heterocycles. The molecule has 0 spiro atoms. The maximum atomic E-state index is 12.0. The molecule has 0 radical (unpaired) electrons. The highest BCUT2D eigenvalue weighted by molar-refractivity contribution is 7.18. The summed E-state index contributed by atoms with van der Waals surface area (Å²) in [6, 6.07) is 14.3. The van der Waals surface area contributed by atoms with Crippen molar-refractivity contribution in [2.45, 2.75) is 71.6 Å². The first-order valence-electron chi connectivity index (χ1n) is 14.8. The normalized spacial score (nSPS) is 15.6. The molecule has 0 bridgehead atoms. The Labute approximate surface area is 255 Å². The largest absolute Gasteiger partial charge is 0.444 e. The van der Waals surface area contributed by atoms with E-state index < -0.39 is 11.7 Å². The summed E-state index contributed by atoms with van der Waals surface area (Å²) in [4.78, 5) is 27.6. The first kappa shape index (κ1) is 29.0. The third kappa shape index (κ3) is 6.62. The number of ether oxygens (including phenoxy) is 2. The number of imidazole rings is 1. The number of aromatic nitrogens is 6. The number of alkyl carbamates (subject to hydrolysis) is 1. The van der Waals surface area contributed by atoms with E-state index in [2.05, 4.69) is 34.1 Å². The van der Waals surface area contributed by atoms with E-state index in [1.165, 1.54) is 0 Å². The van der Waals surface area contributed by atoms with Crippen molar-refractivity contribution in [3.63, 3.8) is 0 Å². The van der Waals surface area contributed by atoms with Crippen molar-refractivity contribution in [3.8, 4) is 32.7 Å². The molecule has 11 heteroatoms. The summed E-state index contributed by atoms with van der Waals surface area (Å²) in [5.74, 6) is 0.640. The van der Waals surface area contributed by atoms with E-state index in [0.29, 0.717) is 12.4 Å². The van der Waals surface area contributed by atoms with Crippen LogP contribution in [-0.4, -0.2) is 54.0 Å². The highest BCUT2D eigenvalue weighted by Gasteiger charge is 2.24. The van der Waals surface area contributed by atoms with Crippen molar-refractivity contribution < 1.29 is 14.3 Å². The smallest absolute Gasteiger partial charge is 0.407 e. The average molecular weight is 600 g/mol. The minimum Gasteiger partial charge on any atom is -0.444 e. The number of benzene rings is 1. The van der Waals surface area contributed by atoms with Crippen LogP contribution in [0.4, 0.5) is 4.79 Å². The second-order valence-electron chi connectivity index (χ2n) is 11.8. The number of rotatable bonds is 8. The molecule has 5 heterocycles. The lowest BCUT2D eigenvalue weighted by Gasteiger charge is -2.21. The van der Waals surface area contributed by atoms with E-state index in [1.54, 1.807) is 17.7 Å². The number of nitrogens with zero attached hydrogens (tertiary/aromatic N) is 6. The molecule has 1 fully saturated rings. The molecule has 4 aromatic heterocycles. The maximum absolute atomic E-state index is 12.0. The molecule has 1 aliphatic heterocycles. The number of thiazole rings is 1. The lowest BCUT2D eigenvalue weighted by atomic mass is 10.1. The Bertz CT molecular complexity index is 1710. The Hall–Kier alpha value is -4.09. The van der Waals surface area contributed by atoms with Crippen molar-refractivity contribution in [1.29, 1.82) is 0 Å². The summed E-state index contributed by atoms with van der Waals surface area (Å²) < 4.78 is 15.2. The minimum atomic E-state index is -0.513. The molecule has 224 valence electrons. The van der Waals surface area contributed by atoms with Gasteiger partial charge in [0.25, 0.3) is 0 Å². The van der Waals surface area contributed by atoms with Gasteiger partial charge in [-0.3, -0.25) is 4.40 Å². The van der Waals surface area contributed by atoms with E-state index >= 15 is 0 Å². The lowest BCUT2D eigenvalue weighted by Crippen LogP contribution is -2.33. The van der Waals surface area contributed by atoms with Crippen molar-refractivity contribution in [2.24, 2.45) is 0 Å². The van der Waals surface area contributed by atoms with Gasteiger partial charge in [0.1, 0.15) is 33.2 Å². The van der Waals surface area contributed by atoms with Gasteiger partial charge in [0.05, 0.1) is 11.4 Å². The molecule has 1 aliphatic rings. The van der Waals surface area contributed by atoms with E-state index in [1.807, 2.05) is 56.6 Å². The summed E-state index contributed by atoms with van der Waals surface area (Å²) >= 11 is 1.58. The second-order valence-corrected chi connectivity index (χ2v) is 12.8. The summed E-state index contributed by atoms with van der Waals surface area (Å²) in [5.41, 5.74) is 5.20. The first-order valence-corrected chi connectivity index (χ1v) is 15.6. The predicted molar refractivity (Wildman–Crippen MR) is 167 cm³/mol. The van der Waals surface area contributed by atoms with Crippen LogP contribution in [0, 0.1) is 6.92 Å². The summed E-state index contributed by atoms with van der Waals surface area (Å²) in [7, 11) is 0. The molecule has 1 N–H and O–H groups in total. The molecule has 1 unspecified atom stereocenters. The molecule has 1 aromatic carbocycles. The number of hydrogen-bond acceptors (Lipinski definition) is 8. The number of aryl methyl sites for hydroxylation is 2. The predicted octanol–water partition coefficient (Wildman–Crippen LogP) is 6.85. The van der Waals surface area contributed by atoms with Crippen LogP contribution in [0.5, 0.6) is 0 Å². The van der Waals surface area contributed by atoms with Gasteiger partial charge in [0.15, 0.2) is 12.1 Å². The molecule has 6 rings (SSSR count). The Morgan fingerprint density at radius 1 is 1.14 bits per heavy atom. The van der Waals surface area contributed by atoms with Gasteiger partial charge in [-0.1, -0.05) is 36.4 Å². The van der Waals surface area contributed by atoms with Crippen LogP contribution in [0.1, 0.15) is 63.9 Å².